The lowest BCUT2D eigenvalue weighted by Crippen LogP contribution is -2.25. The number of pyridine rings is 1. The topological polar surface area (TPSA) is 45.9 Å². The van der Waals surface area contributed by atoms with Crippen LogP contribution in [0, 0.1) is 24.2 Å². The lowest BCUT2D eigenvalue weighted by atomic mass is 9.99. The van der Waals surface area contributed by atoms with E-state index in [2.05, 4.69) is 17.1 Å². The Labute approximate surface area is 125 Å². The average Bonchev–Trinajstić information content (AvgIpc) is 2.73. The van der Waals surface area contributed by atoms with Crippen LogP contribution in [0.5, 0.6) is 5.75 Å². The van der Waals surface area contributed by atoms with Crippen molar-refractivity contribution in [3.63, 3.8) is 0 Å². The van der Waals surface area contributed by atoms with Crippen LogP contribution in [0.1, 0.15) is 37.8 Å². The molecule has 0 aliphatic heterocycles. The zero-order valence-electron chi connectivity index (χ0n) is 12.4. The Morgan fingerprint density at radius 3 is 2.86 bits per heavy atom. The summed E-state index contributed by atoms with van der Waals surface area (Å²) in [7, 11) is 0. The standard InChI is InChI=1S/C18H20N2O/c1-13-10-11-14-7-5-9-17(18(14)20-13)21-16-8-4-2-3-6-15(16)12-19/h5,7,9-11,15-16H,2-4,6,8H2,1H3. The molecule has 3 nitrogen and oxygen atoms in total. The van der Waals surface area contributed by atoms with Gasteiger partial charge in [-0.2, -0.15) is 5.26 Å². The van der Waals surface area contributed by atoms with E-state index in [4.69, 9.17) is 4.74 Å². The molecule has 2 aromatic rings. The third kappa shape index (κ3) is 3.00. The number of rotatable bonds is 2. The SMILES string of the molecule is Cc1ccc2cccc(OC3CCCCCC3C#N)c2n1. The lowest BCUT2D eigenvalue weighted by Gasteiger charge is -2.22. The molecule has 0 saturated heterocycles. The number of fused-ring (bicyclic) bond motifs is 1. The predicted molar refractivity (Wildman–Crippen MR) is 83.1 cm³/mol. The molecule has 1 fully saturated rings. The number of ether oxygens (including phenoxy) is 1. The summed E-state index contributed by atoms with van der Waals surface area (Å²) >= 11 is 0. The Kier molecular flexibility index (Phi) is 4.06. The fourth-order valence-electron chi connectivity index (χ4n) is 3.04. The highest BCUT2D eigenvalue weighted by Gasteiger charge is 2.25. The number of hydrogen-bond donors (Lipinski definition) is 0. The fraction of sp³-hybridized carbons (Fsp3) is 0.444. The van der Waals surface area contributed by atoms with Gasteiger partial charge in [-0.1, -0.05) is 31.0 Å². The predicted octanol–water partition coefficient (Wildman–Crippen LogP) is 4.39. The van der Waals surface area contributed by atoms with Crippen LogP contribution < -0.4 is 4.74 Å². The van der Waals surface area contributed by atoms with E-state index in [1.165, 1.54) is 6.42 Å². The van der Waals surface area contributed by atoms with Gasteiger partial charge in [-0.05, 0) is 38.3 Å². The zero-order valence-corrected chi connectivity index (χ0v) is 12.4. The first-order valence-electron chi connectivity index (χ1n) is 7.70. The minimum Gasteiger partial charge on any atom is -0.487 e. The summed E-state index contributed by atoms with van der Waals surface area (Å²) in [6.45, 7) is 1.99. The monoisotopic (exact) mass is 280 g/mol. The number of benzene rings is 1. The molecule has 1 aliphatic rings. The van der Waals surface area contributed by atoms with E-state index in [1.807, 2.05) is 31.2 Å². The smallest absolute Gasteiger partial charge is 0.146 e. The summed E-state index contributed by atoms with van der Waals surface area (Å²) in [5.74, 6) is 0.802. The maximum atomic E-state index is 9.38. The molecule has 1 heterocycles. The summed E-state index contributed by atoms with van der Waals surface area (Å²) in [5.41, 5.74) is 1.88. The number of nitriles is 1. The summed E-state index contributed by atoms with van der Waals surface area (Å²) < 4.78 is 6.22. The Hall–Kier alpha value is -2.08. The highest BCUT2D eigenvalue weighted by atomic mass is 16.5. The molecule has 2 atom stereocenters. The van der Waals surface area contributed by atoms with Crippen molar-refractivity contribution in [3.8, 4) is 11.8 Å². The van der Waals surface area contributed by atoms with Gasteiger partial charge in [0.15, 0.2) is 0 Å². The van der Waals surface area contributed by atoms with Crippen LogP contribution in [0.3, 0.4) is 0 Å². The maximum Gasteiger partial charge on any atom is 0.146 e. The summed E-state index contributed by atoms with van der Waals surface area (Å²) in [6, 6.07) is 12.5. The van der Waals surface area contributed by atoms with Crippen molar-refractivity contribution in [1.82, 2.24) is 4.98 Å². The Bertz CT molecular complexity index is 674. The molecular formula is C18H20N2O. The van der Waals surface area contributed by atoms with Crippen molar-refractivity contribution >= 4 is 10.9 Å². The number of aryl methyl sites for hydroxylation is 1. The molecule has 108 valence electrons. The van der Waals surface area contributed by atoms with E-state index >= 15 is 0 Å². The number of nitrogens with zero attached hydrogens (tertiary/aromatic N) is 2. The Morgan fingerprint density at radius 1 is 1.14 bits per heavy atom. The molecule has 1 aliphatic carbocycles. The Morgan fingerprint density at radius 2 is 2.00 bits per heavy atom. The van der Waals surface area contributed by atoms with Gasteiger partial charge < -0.3 is 4.74 Å². The molecule has 3 heteroatoms. The second-order valence-electron chi connectivity index (χ2n) is 5.81. The van der Waals surface area contributed by atoms with E-state index in [9.17, 15) is 5.26 Å². The van der Waals surface area contributed by atoms with Crippen molar-refractivity contribution in [2.24, 2.45) is 5.92 Å². The molecule has 0 amide bonds. The van der Waals surface area contributed by atoms with Gasteiger partial charge in [-0.3, -0.25) is 0 Å². The van der Waals surface area contributed by atoms with Crippen LogP contribution >= 0.6 is 0 Å². The van der Waals surface area contributed by atoms with Crippen LogP contribution in [-0.4, -0.2) is 11.1 Å². The van der Waals surface area contributed by atoms with Gasteiger partial charge in [-0.25, -0.2) is 4.98 Å². The van der Waals surface area contributed by atoms with Crippen molar-refractivity contribution < 1.29 is 4.74 Å². The molecule has 0 N–H and O–H groups in total. The van der Waals surface area contributed by atoms with Gasteiger partial charge in [0.05, 0.1) is 12.0 Å². The molecule has 2 unspecified atom stereocenters. The molecule has 1 saturated carbocycles. The van der Waals surface area contributed by atoms with E-state index in [0.717, 1.165) is 48.0 Å². The van der Waals surface area contributed by atoms with Crippen LogP contribution in [0.4, 0.5) is 0 Å². The first-order chi connectivity index (χ1) is 10.3. The quantitative estimate of drug-likeness (QED) is 0.766. The van der Waals surface area contributed by atoms with Crippen LogP contribution in [0.2, 0.25) is 0 Å². The second-order valence-corrected chi connectivity index (χ2v) is 5.81. The van der Waals surface area contributed by atoms with Crippen molar-refractivity contribution in [1.29, 1.82) is 5.26 Å². The largest absolute Gasteiger partial charge is 0.487 e. The number of aromatic nitrogens is 1. The summed E-state index contributed by atoms with van der Waals surface area (Å²) in [5, 5.41) is 10.5. The minimum atomic E-state index is -0.00888. The lowest BCUT2D eigenvalue weighted by molar-refractivity contribution is 0.154. The van der Waals surface area contributed by atoms with Crippen LogP contribution in [-0.2, 0) is 0 Å². The van der Waals surface area contributed by atoms with E-state index in [0.29, 0.717) is 0 Å². The fourth-order valence-corrected chi connectivity index (χ4v) is 3.04. The van der Waals surface area contributed by atoms with Gasteiger partial charge in [0.1, 0.15) is 17.4 Å². The molecule has 0 bridgehead atoms. The van der Waals surface area contributed by atoms with Gasteiger partial charge in [0.25, 0.3) is 0 Å². The first kappa shape index (κ1) is 13.9. The molecule has 21 heavy (non-hydrogen) atoms. The molecule has 0 spiro atoms. The molecule has 3 rings (SSSR count). The number of hydrogen-bond acceptors (Lipinski definition) is 3. The Balaban J connectivity index is 1.93. The van der Waals surface area contributed by atoms with E-state index in [1.54, 1.807) is 0 Å². The van der Waals surface area contributed by atoms with Gasteiger partial charge >= 0.3 is 0 Å². The minimum absolute atomic E-state index is 0.00688. The molecule has 1 aromatic carbocycles. The summed E-state index contributed by atoms with van der Waals surface area (Å²) in [4.78, 5) is 4.61. The van der Waals surface area contributed by atoms with E-state index < -0.39 is 0 Å². The molecule has 0 radical (unpaired) electrons. The highest BCUT2D eigenvalue weighted by Crippen LogP contribution is 2.30. The number of para-hydroxylation sites is 1. The van der Waals surface area contributed by atoms with Crippen molar-refractivity contribution in [2.75, 3.05) is 0 Å². The van der Waals surface area contributed by atoms with Gasteiger partial charge in [0, 0.05) is 11.1 Å². The van der Waals surface area contributed by atoms with Gasteiger partial charge in [-0.15, -0.1) is 0 Å². The second kappa shape index (κ2) is 6.13. The molecule has 1 aromatic heterocycles. The third-order valence-electron chi connectivity index (χ3n) is 4.22. The highest BCUT2D eigenvalue weighted by molar-refractivity contribution is 5.84. The maximum absolute atomic E-state index is 9.38. The van der Waals surface area contributed by atoms with Gasteiger partial charge in [0.2, 0.25) is 0 Å². The van der Waals surface area contributed by atoms with Crippen LogP contribution in [0.25, 0.3) is 10.9 Å². The normalized spacial score (nSPS) is 22.5. The molecular weight excluding hydrogens is 260 g/mol. The van der Waals surface area contributed by atoms with E-state index in [-0.39, 0.29) is 12.0 Å². The summed E-state index contributed by atoms with van der Waals surface area (Å²) in [6.07, 6.45) is 5.36. The third-order valence-corrected chi connectivity index (χ3v) is 4.22. The first-order valence-corrected chi connectivity index (χ1v) is 7.70. The zero-order chi connectivity index (χ0) is 14.7. The van der Waals surface area contributed by atoms with Crippen LogP contribution in [0.15, 0.2) is 30.3 Å². The van der Waals surface area contributed by atoms with Crippen molar-refractivity contribution in [3.05, 3.63) is 36.0 Å². The average molecular weight is 280 g/mol. The van der Waals surface area contributed by atoms with Crippen molar-refractivity contribution in [2.45, 2.75) is 45.1 Å².